The number of aromatic hydroxyl groups is 1. The summed E-state index contributed by atoms with van der Waals surface area (Å²) in [6.07, 6.45) is 3.59. The highest BCUT2D eigenvalue weighted by molar-refractivity contribution is 7.14. The van der Waals surface area contributed by atoms with Crippen molar-refractivity contribution in [3.63, 3.8) is 0 Å². The molecule has 2 N–H and O–H groups in total. The maximum atomic E-state index is 10.2. The van der Waals surface area contributed by atoms with Crippen LogP contribution >= 0.6 is 11.3 Å². The number of methoxy groups -OCH3 is 1. The van der Waals surface area contributed by atoms with Gasteiger partial charge in [-0.15, -0.1) is 11.3 Å². The molecule has 0 fully saturated rings. The number of rotatable bonds is 5. The highest BCUT2D eigenvalue weighted by Crippen LogP contribution is 2.34. The molecule has 5 nitrogen and oxygen atoms in total. The Bertz CT molecular complexity index is 1010. The lowest BCUT2D eigenvalue weighted by atomic mass is 10.0. The largest absolute Gasteiger partial charge is 0.507 e. The number of hydrogen-bond donors (Lipinski definition) is 2. The van der Waals surface area contributed by atoms with Crippen LogP contribution in [0.2, 0.25) is 0 Å². The van der Waals surface area contributed by atoms with Crippen LogP contribution in [0.5, 0.6) is 11.5 Å². The number of nitrogens with zero attached hydrogens (tertiary/aromatic N) is 2. The van der Waals surface area contributed by atoms with E-state index in [2.05, 4.69) is 33.7 Å². The molecule has 6 heteroatoms. The average Bonchev–Trinajstić information content (AvgIpc) is 3.34. The van der Waals surface area contributed by atoms with E-state index in [1.165, 1.54) is 35.3 Å². The van der Waals surface area contributed by atoms with E-state index in [0.717, 1.165) is 17.7 Å². The summed E-state index contributed by atoms with van der Waals surface area (Å²) in [5.41, 5.74) is 9.36. The maximum Gasteiger partial charge on any atom is 0.203 e. The molecule has 0 saturated heterocycles. The van der Waals surface area contributed by atoms with Crippen molar-refractivity contribution in [1.82, 2.24) is 4.98 Å². The molecule has 0 saturated carbocycles. The van der Waals surface area contributed by atoms with Crippen molar-refractivity contribution in [2.45, 2.75) is 26.2 Å². The number of hydrogen-bond acceptors (Lipinski definition) is 6. The van der Waals surface area contributed by atoms with Gasteiger partial charge in [0, 0.05) is 17.0 Å². The Kier molecular flexibility index (Phi) is 4.81. The molecule has 1 heterocycles. The first-order chi connectivity index (χ1) is 13.1. The molecule has 2 aromatic carbocycles. The molecule has 1 aliphatic carbocycles. The van der Waals surface area contributed by atoms with E-state index < -0.39 is 0 Å². The number of hydrazone groups is 1. The van der Waals surface area contributed by atoms with Crippen molar-refractivity contribution < 1.29 is 9.84 Å². The van der Waals surface area contributed by atoms with Gasteiger partial charge in [0.15, 0.2) is 0 Å². The summed E-state index contributed by atoms with van der Waals surface area (Å²) in [6, 6.07) is 11.8. The molecular weight excluding hydrogens is 358 g/mol. The SMILES string of the molecule is COc1ccc(-c2csc(NN=C(C)c3ccc4c(c3)CCC4)n2)c(O)c1. The summed E-state index contributed by atoms with van der Waals surface area (Å²) in [7, 11) is 1.57. The summed E-state index contributed by atoms with van der Waals surface area (Å²) in [5, 5.41) is 17.2. The van der Waals surface area contributed by atoms with Gasteiger partial charge in [0.1, 0.15) is 11.5 Å². The maximum absolute atomic E-state index is 10.2. The van der Waals surface area contributed by atoms with Crippen molar-refractivity contribution >= 4 is 22.2 Å². The van der Waals surface area contributed by atoms with Crippen LogP contribution in [-0.2, 0) is 12.8 Å². The minimum absolute atomic E-state index is 0.143. The van der Waals surface area contributed by atoms with E-state index in [-0.39, 0.29) is 5.75 Å². The first-order valence-electron chi connectivity index (χ1n) is 8.89. The number of aryl methyl sites for hydroxylation is 2. The molecule has 138 valence electrons. The van der Waals surface area contributed by atoms with Crippen LogP contribution in [0.4, 0.5) is 5.13 Å². The number of phenols is 1. The quantitative estimate of drug-likeness (QED) is 0.491. The zero-order valence-electron chi connectivity index (χ0n) is 15.3. The van der Waals surface area contributed by atoms with E-state index in [1.807, 2.05) is 12.3 Å². The second-order valence-electron chi connectivity index (χ2n) is 6.57. The molecule has 0 bridgehead atoms. The topological polar surface area (TPSA) is 66.7 Å². The molecule has 0 spiro atoms. The molecule has 1 aromatic heterocycles. The number of aromatic nitrogens is 1. The van der Waals surface area contributed by atoms with Crippen molar-refractivity contribution in [2.24, 2.45) is 5.10 Å². The van der Waals surface area contributed by atoms with Crippen molar-refractivity contribution in [3.8, 4) is 22.8 Å². The van der Waals surface area contributed by atoms with Gasteiger partial charge in [0.05, 0.1) is 18.5 Å². The number of fused-ring (bicyclic) bond motifs is 1. The fourth-order valence-electron chi connectivity index (χ4n) is 3.30. The summed E-state index contributed by atoms with van der Waals surface area (Å²) in [4.78, 5) is 4.52. The zero-order valence-corrected chi connectivity index (χ0v) is 16.1. The van der Waals surface area contributed by atoms with Gasteiger partial charge >= 0.3 is 0 Å². The molecule has 27 heavy (non-hydrogen) atoms. The van der Waals surface area contributed by atoms with Crippen LogP contribution in [0.3, 0.4) is 0 Å². The third-order valence-corrected chi connectivity index (χ3v) is 5.57. The number of ether oxygens (including phenoxy) is 1. The Morgan fingerprint density at radius 2 is 2.04 bits per heavy atom. The van der Waals surface area contributed by atoms with Gasteiger partial charge in [0.25, 0.3) is 0 Å². The molecule has 0 radical (unpaired) electrons. The van der Waals surface area contributed by atoms with Crippen LogP contribution in [0, 0.1) is 0 Å². The predicted molar refractivity (Wildman–Crippen MR) is 110 cm³/mol. The van der Waals surface area contributed by atoms with Gasteiger partial charge in [-0.1, -0.05) is 12.1 Å². The van der Waals surface area contributed by atoms with Crippen LogP contribution in [0.25, 0.3) is 11.3 Å². The number of phenolic OH excluding ortho intramolecular Hbond substituents is 1. The molecule has 0 amide bonds. The molecule has 0 aliphatic heterocycles. The van der Waals surface area contributed by atoms with Gasteiger partial charge in [-0.2, -0.15) is 5.10 Å². The standard InChI is InChI=1S/C21H21N3O2S/c1-13(15-7-6-14-4-3-5-16(14)10-15)23-24-21-22-19(12-27-21)18-9-8-17(26-2)11-20(18)25/h6-12,25H,3-5H2,1-2H3,(H,22,24). The average molecular weight is 379 g/mol. The van der Waals surface area contributed by atoms with Gasteiger partial charge in [-0.05, 0) is 61.1 Å². The first kappa shape index (κ1) is 17.5. The molecule has 0 atom stereocenters. The van der Waals surface area contributed by atoms with Gasteiger partial charge < -0.3 is 9.84 Å². The third kappa shape index (κ3) is 3.66. The van der Waals surface area contributed by atoms with Crippen LogP contribution in [0.15, 0.2) is 46.9 Å². The lowest BCUT2D eigenvalue weighted by molar-refractivity contribution is 0.408. The lowest BCUT2D eigenvalue weighted by Crippen LogP contribution is -2.00. The Morgan fingerprint density at radius 1 is 1.19 bits per heavy atom. The second-order valence-corrected chi connectivity index (χ2v) is 7.43. The van der Waals surface area contributed by atoms with Crippen molar-refractivity contribution in [1.29, 1.82) is 0 Å². The normalized spacial score (nSPS) is 13.5. The Labute approximate surface area is 162 Å². The highest BCUT2D eigenvalue weighted by Gasteiger charge is 2.12. The second kappa shape index (κ2) is 7.40. The van der Waals surface area contributed by atoms with E-state index in [9.17, 15) is 5.11 Å². The molecule has 3 aromatic rings. The van der Waals surface area contributed by atoms with Crippen LogP contribution in [0.1, 0.15) is 30.0 Å². The summed E-state index contributed by atoms with van der Waals surface area (Å²) < 4.78 is 5.12. The van der Waals surface area contributed by atoms with Crippen molar-refractivity contribution in [2.75, 3.05) is 12.5 Å². The minimum atomic E-state index is 0.143. The van der Waals surface area contributed by atoms with E-state index in [0.29, 0.717) is 22.1 Å². The highest BCUT2D eigenvalue weighted by atomic mass is 32.1. The fourth-order valence-corrected chi connectivity index (χ4v) is 3.95. The third-order valence-electron chi connectivity index (χ3n) is 4.82. The summed E-state index contributed by atoms with van der Waals surface area (Å²) in [6.45, 7) is 1.99. The molecule has 4 rings (SSSR count). The fraction of sp³-hybridized carbons (Fsp3) is 0.238. The van der Waals surface area contributed by atoms with E-state index in [1.54, 1.807) is 25.3 Å². The lowest BCUT2D eigenvalue weighted by Gasteiger charge is -2.05. The first-order valence-corrected chi connectivity index (χ1v) is 9.77. The number of benzene rings is 2. The van der Waals surface area contributed by atoms with Crippen LogP contribution < -0.4 is 10.2 Å². The van der Waals surface area contributed by atoms with E-state index in [4.69, 9.17) is 4.74 Å². The number of thiazole rings is 1. The Balaban J connectivity index is 1.50. The molecular formula is C21H21N3O2S. The number of anilines is 1. The van der Waals surface area contributed by atoms with Crippen molar-refractivity contribution in [3.05, 3.63) is 58.5 Å². The number of nitrogens with one attached hydrogen (secondary N) is 1. The van der Waals surface area contributed by atoms with E-state index >= 15 is 0 Å². The monoisotopic (exact) mass is 379 g/mol. The molecule has 0 unspecified atom stereocenters. The van der Waals surface area contributed by atoms with Gasteiger partial charge in [-0.25, -0.2) is 4.98 Å². The van der Waals surface area contributed by atoms with Gasteiger partial charge in [-0.3, -0.25) is 5.43 Å². The smallest absolute Gasteiger partial charge is 0.203 e. The van der Waals surface area contributed by atoms with Gasteiger partial charge in [0.2, 0.25) is 5.13 Å². The Morgan fingerprint density at radius 3 is 2.85 bits per heavy atom. The molecule has 1 aliphatic rings. The summed E-state index contributed by atoms with van der Waals surface area (Å²) >= 11 is 1.45. The predicted octanol–water partition coefficient (Wildman–Crippen LogP) is 4.85. The summed E-state index contributed by atoms with van der Waals surface area (Å²) in [5.74, 6) is 0.753. The Hall–Kier alpha value is -2.86. The van der Waals surface area contributed by atoms with Crippen LogP contribution in [-0.4, -0.2) is 22.9 Å². The zero-order chi connectivity index (χ0) is 18.8. The minimum Gasteiger partial charge on any atom is -0.507 e.